The Morgan fingerprint density at radius 1 is 1.28 bits per heavy atom. The van der Waals surface area contributed by atoms with Crippen LogP contribution in [0.5, 0.6) is 0 Å². The second kappa shape index (κ2) is 7.81. The van der Waals surface area contributed by atoms with Crippen LogP contribution < -0.4 is 0 Å². The highest BCUT2D eigenvalue weighted by atomic mass is 19.3. The van der Waals surface area contributed by atoms with Crippen LogP contribution in [0.25, 0.3) is 0 Å². The Kier molecular flexibility index (Phi) is 6.20. The van der Waals surface area contributed by atoms with Gasteiger partial charge in [-0.25, -0.2) is 13.6 Å². The van der Waals surface area contributed by atoms with Gasteiger partial charge in [0.1, 0.15) is 6.61 Å². The van der Waals surface area contributed by atoms with Crippen LogP contribution in [0.4, 0.5) is 8.78 Å². The van der Waals surface area contributed by atoms with Gasteiger partial charge in [-0.1, -0.05) is 26.8 Å². The average molecular weight is 353 g/mol. The number of benzene rings is 1. The summed E-state index contributed by atoms with van der Waals surface area (Å²) < 4.78 is 31.6. The van der Waals surface area contributed by atoms with Crippen LogP contribution >= 0.6 is 0 Å². The number of esters is 1. The Labute approximate surface area is 149 Å². The quantitative estimate of drug-likeness (QED) is 0.702. The number of aryl methyl sites for hydroxylation is 1. The molecule has 25 heavy (non-hydrogen) atoms. The molecule has 1 aliphatic heterocycles. The van der Waals surface area contributed by atoms with Gasteiger partial charge in [-0.15, -0.1) is 0 Å². The number of piperidine rings is 1. The smallest absolute Gasteiger partial charge is 0.338 e. The monoisotopic (exact) mass is 353 g/mol. The summed E-state index contributed by atoms with van der Waals surface area (Å²) in [5.41, 5.74) is 2.93. The van der Waals surface area contributed by atoms with E-state index in [9.17, 15) is 13.6 Å². The van der Waals surface area contributed by atoms with Crippen LogP contribution in [0.1, 0.15) is 61.5 Å². The van der Waals surface area contributed by atoms with Gasteiger partial charge in [0.25, 0.3) is 5.92 Å². The molecule has 1 aliphatic rings. The number of halogens is 2. The van der Waals surface area contributed by atoms with Gasteiger partial charge in [0.05, 0.1) is 5.56 Å². The zero-order valence-electron chi connectivity index (χ0n) is 15.7. The minimum atomic E-state index is -2.54. The molecule has 1 fully saturated rings. The maximum atomic E-state index is 13.1. The molecule has 1 aromatic rings. The second-order valence-electron chi connectivity index (χ2n) is 7.60. The van der Waals surface area contributed by atoms with Crippen LogP contribution in [0.3, 0.4) is 0 Å². The molecule has 5 heteroatoms. The number of ether oxygens (including phenoxy) is 1. The van der Waals surface area contributed by atoms with E-state index in [1.807, 2.05) is 30.0 Å². The minimum absolute atomic E-state index is 0.0723. The molecule has 0 radical (unpaired) electrons. The van der Waals surface area contributed by atoms with Crippen molar-refractivity contribution in [2.45, 2.75) is 58.3 Å². The highest BCUT2D eigenvalue weighted by molar-refractivity contribution is 5.89. The zero-order valence-corrected chi connectivity index (χ0v) is 15.7. The first-order valence-corrected chi connectivity index (χ1v) is 9.03. The molecule has 140 valence electrons. The molecule has 0 spiro atoms. The molecule has 0 unspecified atom stereocenters. The molecule has 0 aromatic heterocycles. The molecular formula is C20H29F2NO2. The lowest BCUT2D eigenvalue weighted by Gasteiger charge is -2.31. The molecule has 0 N–H and O–H groups in total. The lowest BCUT2D eigenvalue weighted by atomic mass is 9.79. The van der Waals surface area contributed by atoms with E-state index in [1.54, 1.807) is 0 Å². The van der Waals surface area contributed by atoms with E-state index in [1.165, 1.54) is 5.56 Å². The summed E-state index contributed by atoms with van der Waals surface area (Å²) in [5.74, 6) is -2.90. The standard InChI is InChI=1S/C20H29F2NO2/c1-5-19(3,4)17-7-6-16(14-15(17)2)18(24)25-13-12-23-10-8-20(21,22)9-11-23/h6-7,14H,5,8-13H2,1-4H3. The number of rotatable bonds is 6. The third kappa shape index (κ3) is 5.24. The maximum absolute atomic E-state index is 13.1. The predicted molar refractivity (Wildman–Crippen MR) is 95.4 cm³/mol. The number of likely N-dealkylation sites (tertiary alicyclic amines) is 1. The van der Waals surface area contributed by atoms with Gasteiger partial charge in [-0.05, 0) is 42.0 Å². The summed E-state index contributed by atoms with van der Waals surface area (Å²) in [4.78, 5) is 14.1. The zero-order chi connectivity index (χ0) is 18.7. The van der Waals surface area contributed by atoms with E-state index in [2.05, 4.69) is 20.8 Å². The number of nitrogens with zero attached hydrogens (tertiary/aromatic N) is 1. The van der Waals surface area contributed by atoms with E-state index < -0.39 is 5.92 Å². The first-order valence-electron chi connectivity index (χ1n) is 9.03. The molecule has 0 aliphatic carbocycles. The molecule has 2 rings (SSSR count). The van der Waals surface area contributed by atoms with E-state index in [-0.39, 0.29) is 30.8 Å². The largest absolute Gasteiger partial charge is 0.461 e. The summed E-state index contributed by atoms with van der Waals surface area (Å²) in [7, 11) is 0. The highest BCUT2D eigenvalue weighted by Gasteiger charge is 2.33. The fourth-order valence-corrected chi connectivity index (χ4v) is 3.19. The van der Waals surface area contributed by atoms with Gasteiger partial charge >= 0.3 is 5.97 Å². The van der Waals surface area contributed by atoms with Crippen molar-refractivity contribution in [3.05, 3.63) is 34.9 Å². The summed E-state index contributed by atoms with van der Waals surface area (Å²) in [6.45, 7) is 9.97. The fraction of sp³-hybridized carbons (Fsp3) is 0.650. The Hall–Kier alpha value is -1.49. The van der Waals surface area contributed by atoms with Crippen molar-refractivity contribution >= 4 is 5.97 Å². The number of hydrogen-bond donors (Lipinski definition) is 0. The van der Waals surface area contributed by atoms with Gasteiger partial charge in [-0.3, -0.25) is 4.90 Å². The van der Waals surface area contributed by atoms with Crippen LogP contribution in [-0.4, -0.2) is 43.0 Å². The summed E-state index contributed by atoms with van der Waals surface area (Å²) in [6.07, 6.45) is 0.788. The second-order valence-corrected chi connectivity index (χ2v) is 7.60. The molecule has 0 atom stereocenters. The average Bonchev–Trinajstić information content (AvgIpc) is 2.56. The van der Waals surface area contributed by atoms with Crippen molar-refractivity contribution < 1.29 is 18.3 Å². The first-order chi connectivity index (χ1) is 11.6. The van der Waals surface area contributed by atoms with E-state index in [4.69, 9.17) is 4.74 Å². The van der Waals surface area contributed by atoms with Crippen molar-refractivity contribution in [3.63, 3.8) is 0 Å². The van der Waals surface area contributed by atoms with E-state index in [0.717, 1.165) is 12.0 Å². The summed E-state index contributed by atoms with van der Waals surface area (Å²) >= 11 is 0. The SMILES string of the molecule is CCC(C)(C)c1ccc(C(=O)OCCN2CCC(F)(F)CC2)cc1C. The molecule has 0 bridgehead atoms. The van der Waals surface area contributed by atoms with Crippen LogP contribution in [-0.2, 0) is 10.2 Å². The predicted octanol–water partition coefficient (Wildman–Crippen LogP) is 4.57. The number of alkyl halides is 2. The van der Waals surface area contributed by atoms with E-state index >= 15 is 0 Å². The Morgan fingerprint density at radius 2 is 1.92 bits per heavy atom. The molecule has 3 nitrogen and oxygen atoms in total. The van der Waals surface area contributed by atoms with Crippen molar-refractivity contribution in [2.24, 2.45) is 0 Å². The minimum Gasteiger partial charge on any atom is -0.461 e. The summed E-state index contributed by atoms with van der Waals surface area (Å²) in [6, 6.07) is 5.68. The third-order valence-electron chi connectivity index (χ3n) is 5.30. The lowest BCUT2D eigenvalue weighted by Crippen LogP contribution is -2.41. The van der Waals surface area contributed by atoms with Gasteiger partial charge in [0.2, 0.25) is 0 Å². The van der Waals surface area contributed by atoms with Crippen molar-refractivity contribution in [1.82, 2.24) is 4.90 Å². The summed E-state index contributed by atoms with van der Waals surface area (Å²) in [5, 5.41) is 0. The maximum Gasteiger partial charge on any atom is 0.338 e. The molecule has 0 saturated carbocycles. The van der Waals surface area contributed by atoms with Crippen LogP contribution in [0, 0.1) is 6.92 Å². The first kappa shape index (κ1) is 19.8. The van der Waals surface area contributed by atoms with Gasteiger partial charge in [0, 0.05) is 32.5 Å². The van der Waals surface area contributed by atoms with E-state index in [0.29, 0.717) is 25.2 Å². The Morgan fingerprint density at radius 3 is 2.48 bits per heavy atom. The number of carbonyl (C=O) groups excluding carboxylic acids is 1. The Bertz CT molecular complexity index is 604. The Balaban J connectivity index is 1.86. The van der Waals surface area contributed by atoms with Crippen molar-refractivity contribution in [2.75, 3.05) is 26.2 Å². The lowest BCUT2D eigenvalue weighted by molar-refractivity contribution is -0.0576. The van der Waals surface area contributed by atoms with Gasteiger partial charge in [0.15, 0.2) is 0 Å². The molecule has 1 aromatic carbocycles. The topological polar surface area (TPSA) is 29.5 Å². The molecular weight excluding hydrogens is 324 g/mol. The van der Waals surface area contributed by atoms with Gasteiger partial charge < -0.3 is 4.74 Å². The molecule has 1 heterocycles. The number of carbonyl (C=O) groups is 1. The number of hydrogen-bond acceptors (Lipinski definition) is 3. The fourth-order valence-electron chi connectivity index (χ4n) is 3.19. The third-order valence-corrected chi connectivity index (χ3v) is 5.30. The van der Waals surface area contributed by atoms with Crippen molar-refractivity contribution in [3.8, 4) is 0 Å². The molecule has 1 saturated heterocycles. The van der Waals surface area contributed by atoms with Crippen LogP contribution in [0.15, 0.2) is 18.2 Å². The van der Waals surface area contributed by atoms with Crippen LogP contribution in [0.2, 0.25) is 0 Å². The molecule has 0 amide bonds. The normalized spacial score (nSPS) is 18.2. The van der Waals surface area contributed by atoms with Crippen molar-refractivity contribution in [1.29, 1.82) is 0 Å². The highest BCUT2D eigenvalue weighted by Crippen LogP contribution is 2.30. The van der Waals surface area contributed by atoms with Gasteiger partial charge in [-0.2, -0.15) is 0 Å².